The Labute approximate surface area is 73.9 Å². The van der Waals surface area contributed by atoms with Crippen molar-refractivity contribution in [3.05, 3.63) is 29.3 Å². The number of carbonyl (C=O) groups excluding carboxylic acids is 1. The molecule has 0 aliphatic rings. The molecule has 12 heavy (non-hydrogen) atoms. The average molecular weight is 177 g/mol. The first-order valence-corrected chi connectivity index (χ1v) is 4.50. The zero-order chi connectivity index (χ0) is 8.55. The molecule has 0 saturated heterocycles. The molecule has 2 heterocycles. The van der Waals surface area contributed by atoms with Gasteiger partial charge in [0.2, 0.25) is 0 Å². The second kappa shape index (κ2) is 2.68. The SMILES string of the molecule is CC(=O)c1csc2ncccc12. The molecule has 0 unspecified atom stereocenters. The van der Waals surface area contributed by atoms with Crippen LogP contribution in [0.3, 0.4) is 0 Å². The van der Waals surface area contributed by atoms with E-state index < -0.39 is 0 Å². The van der Waals surface area contributed by atoms with Crippen LogP contribution >= 0.6 is 11.3 Å². The molecule has 0 fully saturated rings. The first-order chi connectivity index (χ1) is 5.79. The molecule has 3 heteroatoms. The van der Waals surface area contributed by atoms with Crippen LogP contribution in [0.1, 0.15) is 17.3 Å². The van der Waals surface area contributed by atoms with Crippen molar-refractivity contribution in [2.75, 3.05) is 0 Å². The molecule has 0 aliphatic carbocycles. The third-order valence-corrected chi connectivity index (χ3v) is 2.63. The van der Waals surface area contributed by atoms with Crippen molar-refractivity contribution in [1.82, 2.24) is 4.98 Å². The van der Waals surface area contributed by atoms with Gasteiger partial charge in [-0.3, -0.25) is 4.79 Å². The summed E-state index contributed by atoms with van der Waals surface area (Å²) in [5.74, 6) is 0.106. The number of rotatable bonds is 1. The lowest BCUT2D eigenvalue weighted by molar-refractivity contribution is 0.101. The Hall–Kier alpha value is -1.22. The standard InChI is InChI=1S/C9H7NOS/c1-6(11)8-5-12-9-7(8)3-2-4-10-9/h2-5H,1H3. The Bertz CT molecular complexity index is 433. The zero-order valence-corrected chi connectivity index (χ0v) is 7.39. The molecule has 2 nitrogen and oxygen atoms in total. The Kier molecular flexibility index (Phi) is 1.66. The van der Waals surface area contributed by atoms with Gasteiger partial charge >= 0.3 is 0 Å². The minimum Gasteiger partial charge on any atom is -0.294 e. The van der Waals surface area contributed by atoms with Crippen molar-refractivity contribution in [2.24, 2.45) is 0 Å². The second-order valence-corrected chi connectivity index (χ2v) is 3.42. The molecule has 2 aromatic rings. The van der Waals surface area contributed by atoms with Crippen molar-refractivity contribution in [3.8, 4) is 0 Å². The first-order valence-electron chi connectivity index (χ1n) is 3.62. The molecule has 2 aromatic heterocycles. The van der Waals surface area contributed by atoms with Crippen molar-refractivity contribution >= 4 is 27.3 Å². The number of fused-ring (bicyclic) bond motifs is 1. The minimum atomic E-state index is 0.106. The topological polar surface area (TPSA) is 30.0 Å². The highest BCUT2D eigenvalue weighted by molar-refractivity contribution is 7.17. The van der Waals surface area contributed by atoms with Gasteiger partial charge in [-0.15, -0.1) is 11.3 Å². The Morgan fingerprint density at radius 1 is 1.58 bits per heavy atom. The van der Waals surface area contributed by atoms with Gasteiger partial charge in [0.25, 0.3) is 0 Å². The molecule has 0 radical (unpaired) electrons. The highest BCUT2D eigenvalue weighted by atomic mass is 32.1. The van der Waals surface area contributed by atoms with E-state index in [1.165, 1.54) is 11.3 Å². The largest absolute Gasteiger partial charge is 0.294 e. The van der Waals surface area contributed by atoms with Crippen LogP contribution in [-0.4, -0.2) is 10.8 Å². The third-order valence-electron chi connectivity index (χ3n) is 1.73. The maximum atomic E-state index is 11.1. The molecule has 0 atom stereocenters. The number of thiophene rings is 1. The van der Waals surface area contributed by atoms with Crippen LogP contribution < -0.4 is 0 Å². The number of hydrogen-bond acceptors (Lipinski definition) is 3. The molecule has 0 amide bonds. The summed E-state index contributed by atoms with van der Waals surface area (Å²) in [6.07, 6.45) is 1.74. The summed E-state index contributed by atoms with van der Waals surface area (Å²) < 4.78 is 0. The van der Waals surface area contributed by atoms with E-state index in [9.17, 15) is 4.79 Å². The molecule has 0 bridgehead atoms. The van der Waals surface area contributed by atoms with Crippen molar-refractivity contribution in [2.45, 2.75) is 6.92 Å². The van der Waals surface area contributed by atoms with E-state index >= 15 is 0 Å². The molecule has 0 aromatic carbocycles. The Morgan fingerprint density at radius 3 is 3.17 bits per heavy atom. The number of ketones is 1. The monoisotopic (exact) mass is 177 g/mol. The van der Waals surface area contributed by atoms with Gasteiger partial charge in [-0.05, 0) is 19.1 Å². The van der Waals surface area contributed by atoms with E-state index in [1.807, 2.05) is 17.5 Å². The molecule has 0 saturated carbocycles. The number of nitrogens with zero attached hydrogens (tertiary/aromatic N) is 1. The van der Waals surface area contributed by atoms with Gasteiger partial charge in [0.1, 0.15) is 4.83 Å². The minimum absolute atomic E-state index is 0.106. The molecule has 0 aliphatic heterocycles. The number of hydrogen-bond donors (Lipinski definition) is 0. The van der Waals surface area contributed by atoms with Crippen molar-refractivity contribution in [1.29, 1.82) is 0 Å². The summed E-state index contributed by atoms with van der Waals surface area (Å²) in [5, 5.41) is 2.83. The maximum absolute atomic E-state index is 11.1. The summed E-state index contributed by atoms with van der Waals surface area (Å²) >= 11 is 1.51. The first kappa shape index (κ1) is 7.43. The summed E-state index contributed by atoms with van der Waals surface area (Å²) in [6, 6.07) is 3.77. The highest BCUT2D eigenvalue weighted by Crippen LogP contribution is 2.23. The summed E-state index contributed by atoms with van der Waals surface area (Å²) in [6.45, 7) is 1.58. The summed E-state index contributed by atoms with van der Waals surface area (Å²) in [7, 11) is 0. The number of aromatic nitrogens is 1. The molecule has 0 N–H and O–H groups in total. The molecule has 60 valence electrons. The van der Waals surface area contributed by atoms with Crippen molar-refractivity contribution in [3.63, 3.8) is 0 Å². The molecule has 2 rings (SSSR count). The van der Waals surface area contributed by atoms with E-state index in [0.29, 0.717) is 0 Å². The van der Waals surface area contributed by atoms with Gasteiger partial charge in [-0.1, -0.05) is 0 Å². The number of carbonyl (C=O) groups is 1. The maximum Gasteiger partial charge on any atom is 0.161 e. The normalized spacial score (nSPS) is 10.4. The lowest BCUT2D eigenvalue weighted by atomic mass is 10.2. The van der Waals surface area contributed by atoms with Gasteiger partial charge < -0.3 is 0 Å². The summed E-state index contributed by atoms with van der Waals surface area (Å²) in [4.78, 5) is 16.2. The molecular formula is C9H7NOS. The van der Waals surface area contributed by atoms with Crippen LogP contribution in [0.25, 0.3) is 10.2 Å². The smallest absolute Gasteiger partial charge is 0.161 e. The van der Waals surface area contributed by atoms with Crippen LogP contribution in [0.4, 0.5) is 0 Å². The van der Waals surface area contributed by atoms with Gasteiger partial charge in [0, 0.05) is 22.5 Å². The predicted octanol–water partition coefficient (Wildman–Crippen LogP) is 2.50. The lowest BCUT2D eigenvalue weighted by Crippen LogP contribution is -1.88. The zero-order valence-electron chi connectivity index (χ0n) is 6.57. The van der Waals surface area contributed by atoms with Crippen LogP contribution in [-0.2, 0) is 0 Å². The molecular weight excluding hydrogens is 170 g/mol. The third kappa shape index (κ3) is 1.02. The lowest BCUT2D eigenvalue weighted by Gasteiger charge is -1.90. The quantitative estimate of drug-likeness (QED) is 0.626. The summed E-state index contributed by atoms with van der Waals surface area (Å²) in [5.41, 5.74) is 0.781. The predicted molar refractivity (Wildman–Crippen MR) is 49.6 cm³/mol. The van der Waals surface area contributed by atoms with Crippen LogP contribution in [0.5, 0.6) is 0 Å². The number of Topliss-reactive ketones (excluding diaryl/α,β-unsaturated/α-hetero) is 1. The second-order valence-electron chi connectivity index (χ2n) is 2.56. The van der Waals surface area contributed by atoms with Crippen LogP contribution in [0.2, 0.25) is 0 Å². The van der Waals surface area contributed by atoms with Gasteiger partial charge in [-0.25, -0.2) is 4.98 Å². The van der Waals surface area contributed by atoms with E-state index in [1.54, 1.807) is 13.1 Å². The van der Waals surface area contributed by atoms with Gasteiger partial charge in [0.15, 0.2) is 5.78 Å². The van der Waals surface area contributed by atoms with Gasteiger partial charge in [0.05, 0.1) is 0 Å². The van der Waals surface area contributed by atoms with Crippen LogP contribution in [0, 0.1) is 0 Å². The highest BCUT2D eigenvalue weighted by Gasteiger charge is 2.06. The van der Waals surface area contributed by atoms with E-state index in [2.05, 4.69) is 4.98 Å². The van der Waals surface area contributed by atoms with E-state index in [0.717, 1.165) is 15.8 Å². The van der Waals surface area contributed by atoms with Crippen molar-refractivity contribution < 1.29 is 4.79 Å². The Morgan fingerprint density at radius 2 is 2.42 bits per heavy atom. The number of pyridine rings is 1. The van der Waals surface area contributed by atoms with Gasteiger partial charge in [-0.2, -0.15) is 0 Å². The van der Waals surface area contributed by atoms with E-state index in [-0.39, 0.29) is 5.78 Å². The average Bonchev–Trinajstić information content (AvgIpc) is 2.47. The fraction of sp³-hybridized carbons (Fsp3) is 0.111. The fourth-order valence-electron chi connectivity index (χ4n) is 1.14. The molecule has 0 spiro atoms. The fourth-order valence-corrected chi connectivity index (χ4v) is 2.09. The van der Waals surface area contributed by atoms with Crippen LogP contribution in [0.15, 0.2) is 23.7 Å². The Balaban J connectivity index is 2.79. The van der Waals surface area contributed by atoms with E-state index in [4.69, 9.17) is 0 Å².